The van der Waals surface area contributed by atoms with Crippen molar-refractivity contribution in [2.24, 2.45) is 11.7 Å². The number of fused-ring (bicyclic) bond motifs is 1. The minimum atomic E-state index is -3.82. The Labute approximate surface area is 315 Å². The van der Waals surface area contributed by atoms with Crippen molar-refractivity contribution in [1.29, 1.82) is 0 Å². The van der Waals surface area contributed by atoms with Crippen LogP contribution in [-0.4, -0.2) is 110 Å². The number of Topliss-reactive ketones (excluding diaryl/α,β-unsaturated/α-hetero) is 1. The second kappa shape index (κ2) is 17.8. The Morgan fingerprint density at radius 2 is 1.70 bits per heavy atom. The van der Waals surface area contributed by atoms with Crippen molar-refractivity contribution in [3.05, 3.63) is 65.5 Å². The highest BCUT2D eigenvalue weighted by atomic mass is 32.2. The Bertz CT molecular complexity index is 1860. The maximum Gasteiger partial charge on any atom is 0.410 e. The van der Waals surface area contributed by atoms with Crippen LogP contribution in [0.3, 0.4) is 0 Å². The summed E-state index contributed by atoms with van der Waals surface area (Å²) in [6, 6.07) is 10.8. The molecule has 6 rings (SSSR count). The zero-order valence-corrected chi connectivity index (χ0v) is 31.5. The van der Waals surface area contributed by atoms with Gasteiger partial charge in [0.1, 0.15) is 29.7 Å². The van der Waals surface area contributed by atoms with E-state index in [0.29, 0.717) is 43.1 Å². The second-order valence-corrected chi connectivity index (χ2v) is 16.4. The molecule has 16 heteroatoms. The Balaban J connectivity index is 1.27. The molecule has 3 aliphatic heterocycles. The van der Waals surface area contributed by atoms with Crippen LogP contribution in [0, 0.1) is 5.92 Å². The number of aromatic nitrogens is 1. The summed E-state index contributed by atoms with van der Waals surface area (Å²) in [4.78, 5) is 63.3. The van der Waals surface area contributed by atoms with Gasteiger partial charge in [-0.15, -0.1) is 0 Å². The maximum atomic E-state index is 14.4. The Kier molecular flexibility index (Phi) is 13.0. The minimum Gasteiger partial charge on any atom is -0.444 e. The van der Waals surface area contributed by atoms with Crippen LogP contribution >= 0.6 is 0 Å². The van der Waals surface area contributed by atoms with Gasteiger partial charge in [-0.1, -0.05) is 36.4 Å². The molecule has 0 saturated carbocycles. The second-order valence-electron chi connectivity index (χ2n) is 14.6. The van der Waals surface area contributed by atoms with E-state index in [-0.39, 0.29) is 31.7 Å². The largest absolute Gasteiger partial charge is 0.444 e. The van der Waals surface area contributed by atoms with Gasteiger partial charge in [-0.05, 0) is 87.2 Å². The van der Waals surface area contributed by atoms with Crippen LogP contribution in [0.4, 0.5) is 4.79 Å². The smallest absolute Gasteiger partial charge is 0.410 e. The first kappa shape index (κ1) is 39.3. The number of rotatable bonds is 14. The van der Waals surface area contributed by atoms with E-state index in [1.54, 1.807) is 29.2 Å². The summed E-state index contributed by atoms with van der Waals surface area (Å²) in [7, 11) is -3.82. The lowest BCUT2D eigenvalue weighted by Gasteiger charge is -2.30. The molecule has 54 heavy (non-hydrogen) atoms. The third-order valence-corrected chi connectivity index (χ3v) is 11.3. The summed E-state index contributed by atoms with van der Waals surface area (Å²) in [5.74, 6) is -1.67. The first-order valence-electron chi connectivity index (χ1n) is 18.9. The molecule has 3 fully saturated rings. The number of benzene rings is 2. The van der Waals surface area contributed by atoms with Gasteiger partial charge in [-0.25, -0.2) is 22.9 Å². The molecule has 0 aliphatic carbocycles. The Hall–Kier alpha value is -4.38. The molecular formula is C38H51N7O8S. The van der Waals surface area contributed by atoms with Crippen LogP contribution in [0.25, 0.3) is 11.1 Å². The van der Waals surface area contributed by atoms with E-state index < -0.39 is 57.9 Å². The SMILES string of the molecule is CS(=O)(=O)N[C@H](CCC1CCNCC1)C(=O)N1C[C@H](OC(=O)N2CCCCC2)C[C@H]1C(=O)N[C@@H](Cc1ccc(CN)cc1)C(=O)c1nc2ccccc2o1. The molecule has 3 aliphatic rings. The van der Waals surface area contributed by atoms with Crippen molar-refractivity contribution < 1.29 is 36.7 Å². The van der Waals surface area contributed by atoms with Gasteiger partial charge < -0.3 is 35.3 Å². The van der Waals surface area contributed by atoms with Gasteiger partial charge in [0.15, 0.2) is 5.58 Å². The number of para-hydroxylation sites is 2. The average Bonchev–Trinajstić information content (AvgIpc) is 3.81. The van der Waals surface area contributed by atoms with Gasteiger partial charge in [0.25, 0.3) is 5.89 Å². The highest BCUT2D eigenvalue weighted by Gasteiger charge is 2.45. The predicted molar refractivity (Wildman–Crippen MR) is 201 cm³/mol. The number of oxazole rings is 1. The minimum absolute atomic E-state index is 0.0357. The van der Waals surface area contributed by atoms with Crippen molar-refractivity contribution in [3.63, 3.8) is 0 Å². The number of amides is 3. The van der Waals surface area contributed by atoms with Gasteiger partial charge in [-0.3, -0.25) is 14.4 Å². The number of nitrogens with zero attached hydrogens (tertiary/aromatic N) is 3. The molecule has 0 unspecified atom stereocenters. The summed E-state index contributed by atoms with van der Waals surface area (Å²) >= 11 is 0. The maximum absolute atomic E-state index is 14.4. The molecule has 3 aromatic rings. The van der Waals surface area contributed by atoms with Crippen LogP contribution in [-0.2, 0) is 37.3 Å². The van der Waals surface area contributed by atoms with E-state index in [9.17, 15) is 27.6 Å². The van der Waals surface area contributed by atoms with E-state index >= 15 is 0 Å². The molecule has 4 atom stereocenters. The topological polar surface area (TPSA) is 206 Å². The molecule has 2 aromatic carbocycles. The van der Waals surface area contributed by atoms with Crippen molar-refractivity contribution in [1.82, 2.24) is 30.1 Å². The first-order chi connectivity index (χ1) is 26.0. The molecular weight excluding hydrogens is 715 g/mol. The van der Waals surface area contributed by atoms with Gasteiger partial charge in [0, 0.05) is 32.5 Å². The molecule has 1 aromatic heterocycles. The summed E-state index contributed by atoms with van der Waals surface area (Å²) in [6.45, 7) is 3.03. The standard InChI is InChI=1S/C38H51N7O8S/c1-54(50,51)43-30(14-13-25-15-17-40-18-16-25)37(48)45-24-28(52-38(49)44-19-5-2-6-20-44)22-32(45)35(47)41-31(21-26-9-11-27(23-39)12-10-26)34(46)36-42-29-7-3-4-8-33(29)53-36/h3-4,7-12,25,28,30-32,40,43H,2,5-6,13-24,39H2,1H3,(H,41,47)/t28-,30-,31+,32+/m1/s1. The molecule has 5 N–H and O–H groups in total. The third-order valence-electron chi connectivity index (χ3n) is 10.5. The zero-order chi connectivity index (χ0) is 38.2. The molecule has 3 amide bonds. The van der Waals surface area contributed by atoms with Gasteiger partial charge >= 0.3 is 6.09 Å². The van der Waals surface area contributed by atoms with Crippen molar-refractivity contribution in [2.45, 2.75) is 88.6 Å². The van der Waals surface area contributed by atoms with Crippen LogP contribution in [0.15, 0.2) is 52.9 Å². The number of sulfonamides is 1. The molecule has 3 saturated heterocycles. The quantitative estimate of drug-likeness (QED) is 0.176. The zero-order valence-electron chi connectivity index (χ0n) is 30.7. The highest BCUT2D eigenvalue weighted by molar-refractivity contribution is 7.88. The molecule has 292 valence electrons. The van der Waals surface area contributed by atoms with E-state index in [1.807, 2.05) is 24.3 Å². The fourth-order valence-electron chi connectivity index (χ4n) is 7.58. The molecule has 0 radical (unpaired) electrons. The van der Waals surface area contributed by atoms with E-state index in [4.69, 9.17) is 14.9 Å². The number of hydrogen-bond donors (Lipinski definition) is 4. The molecule has 4 heterocycles. The molecule has 0 bridgehead atoms. The predicted octanol–water partition coefficient (Wildman–Crippen LogP) is 2.49. The lowest BCUT2D eigenvalue weighted by molar-refractivity contribution is -0.140. The highest BCUT2D eigenvalue weighted by Crippen LogP contribution is 2.27. The van der Waals surface area contributed by atoms with Crippen LogP contribution < -0.4 is 21.1 Å². The number of carbonyl (C=O) groups excluding carboxylic acids is 4. The number of piperidine rings is 2. The summed E-state index contributed by atoms with van der Waals surface area (Å²) in [5.41, 5.74) is 8.33. The Morgan fingerprint density at radius 1 is 1.00 bits per heavy atom. The number of carbonyl (C=O) groups is 4. The van der Waals surface area contributed by atoms with E-state index in [0.717, 1.165) is 62.6 Å². The fraction of sp³-hybridized carbons (Fsp3) is 0.553. The number of nitrogens with one attached hydrogen (secondary N) is 3. The van der Waals surface area contributed by atoms with Gasteiger partial charge in [0.2, 0.25) is 27.6 Å². The molecule has 15 nitrogen and oxygen atoms in total. The van der Waals surface area contributed by atoms with Crippen LogP contribution in [0.5, 0.6) is 0 Å². The monoisotopic (exact) mass is 765 g/mol. The summed E-state index contributed by atoms with van der Waals surface area (Å²) in [5, 5.41) is 6.18. The lowest BCUT2D eigenvalue weighted by atomic mass is 9.91. The number of ether oxygens (including phenoxy) is 1. The number of nitrogens with two attached hydrogens (primary N) is 1. The number of hydrogen-bond acceptors (Lipinski definition) is 11. The van der Waals surface area contributed by atoms with Crippen molar-refractivity contribution in [3.8, 4) is 0 Å². The lowest BCUT2D eigenvalue weighted by Crippen LogP contribution is -2.55. The first-order valence-corrected chi connectivity index (χ1v) is 20.8. The summed E-state index contributed by atoms with van der Waals surface area (Å²) < 4.78 is 39.3. The van der Waals surface area contributed by atoms with E-state index in [1.165, 1.54) is 4.90 Å². The Morgan fingerprint density at radius 3 is 2.39 bits per heavy atom. The van der Waals surface area contributed by atoms with Crippen molar-refractivity contribution in [2.75, 3.05) is 39.0 Å². The van der Waals surface area contributed by atoms with Gasteiger partial charge in [-0.2, -0.15) is 0 Å². The average molecular weight is 766 g/mol. The number of ketones is 1. The fourth-order valence-corrected chi connectivity index (χ4v) is 8.32. The van der Waals surface area contributed by atoms with Crippen molar-refractivity contribution >= 4 is 44.8 Å². The third kappa shape index (κ3) is 10.2. The van der Waals surface area contributed by atoms with Crippen LogP contribution in [0.1, 0.15) is 73.2 Å². The molecule has 0 spiro atoms. The van der Waals surface area contributed by atoms with E-state index in [2.05, 4.69) is 20.3 Å². The van der Waals surface area contributed by atoms with Crippen LogP contribution in [0.2, 0.25) is 0 Å². The van der Waals surface area contributed by atoms with Gasteiger partial charge in [0.05, 0.1) is 12.8 Å². The summed E-state index contributed by atoms with van der Waals surface area (Å²) in [6.07, 6.45) is 5.09. The number of likely N-dealkylation sites (tertiary alicyclic amines) is 2. The normalized spacial score (nSPS) is 20.8.